The third-order valence-electron chi connectivity index (χ3n) is 4.57. The average molecular weight is 238 g/mol. The Bertz CT molecular complexity index is 373. The molecule has 0 saturated heterocycles. The molecule has 4 fully saturated rings. The number of aliphatic hydroxyl groups is 1. The molecule has 1 N–H and O–H groups in total. The molecule has 4 nitrogen and oxygen atoms in total. The first-order valence-electron chi connectivity index (χ1n) is 6.36. The molecule has 4 aliphatic rings. The van der Waals surface area contributed by atoms with Crippen LogP contribution in [0, 0.1) is 11.8 Å². The molecule has 4 rings (SSSR count). The summed E-state index contributed by atoms with van der Waals surface area (Å²) in [4.78, 5) is 22.5. The summed E-state index contributed by atoms with van der Waals surface area (Å²) in [6.45, 7) is 1.23. The Hall–Kier alpha value is -0.900. The lowest BCUT2D eigenvalue weighted by Gasteiger charge is -2.59. The minimum Gasteiger partial charge on any atom is -0.453 e. The number of Topliss-reactive ketones (excluding diaryl/α,β-unsaturated/α-hetero) is 1. The average Bonchev–Trinajstić information content (AvgIpc) is 2.11. The van der Waals surface area contributed by atoms with E-state index in [2.05, 4.69) is 0 Å². The Kier molecular flexibility index (Phi) is 2.18. The lowest BCUT2D eigenvalue weighted by atomic mass is 9.52. The van der Waals surface area contributed by atoms with E-state index in [9.17, 15) is 14.7 Å². The first kappa shape index (κ1) is 11.2. The third-order valence-corrected chi connectivity index (χ3v) is 4.57. The predicted molar refractivity (Wildman–Crippen MR) is 59.1 cm³/mol. The minimum atomic E-state index is -0.740. The van der Waals surface area contributed by atoms with Crippen LogP contribution in [-0.4, -0.2) is 28.1 Å². The van der Waals surface area contributed by atoms with Gasteiger partial charge in [-0.2, -0.15) is 0 Å². The van der Waals surface area contributed by atoms with Crippen molar-refractivity contribution >= 4 is 11.8 Å². The van der Waals surface area contributed by atoms with Gasteiger partial charge in [-0.3, -0.25) is 4.79 Å². The van der Waals surface area contributed by atoms with Gasteiger partial charge in [-0.1, -0.05) is 0 Å². The van der Waals surface area contributed by atoms with Crippen molar-refractivity contribution in [3.63, 3.8) is 0 Å². The van der Waals surface area contributed by atoms with Gasteiger partial charge in [-0.15, -0.1) is 0 Å². The molecule has 0 heterocycles. The third kappa shape index (κ3) is 1.79. The number of carbonyl (C=O) groups excluding carboxylic acids is 2. The minimum absolute atomic E-state index is 0.459. The van der Waals surface area contributed by atoms with Crippen molar-refractivity contribution in [1.82, 2.24) is 0 Å². The number of rotatable bonds is 2. The van der Waals surface area contributed by atoms with Gasteiger partial charge in [0.05, 0.1) is 5.60 Å². The van der Waals surface area contributed by atoms with E-state index in [4.69, 9.17) is 4.74 Å². The van der Waals surface area contributed by atoms with Crippen LogP contribution in [0.15, 0.2) is 0 Å². The molecular weight excluding hydrogens is 220 g/mol. The van der Waals surface area contributed by atoms with Gasteiger partial charge < -0.3 is 9.84 Å². The summed E-state index contributed by atoms with van der Waals surface area (Å²) in [5, 5.41) is 10.4. The van der Waals surface area contributed by atoms with E-state index >= 15 is 0 Å². The topological polar surface area (TPSA) is 63.6 Å². The molecule has 4 saturated carbocycles. The molecule has 17 heavy (non-hydrogen) atoms. The van der Waals surface area contributed by atoms with Gasteiger partial charge in [0.2, 0.25) is 5.78 Å². The maximum atomic E-state index is 11.5. The van der Waals surface area contributed by atoms with E-state index in [1.54, 1.807) is 0 Å². The first-order valence-corrected chi connectivity index (χ1v) is 6.36. The van der Waals surface area contributed by atoms with Gasteiger partial charge in [0.25, 0.3) is 0 Å². The fourth-order valence-corrected chi connectivity index (χ4v) is 4.52. The van der Waals surface area contributed by atoms with Crippen LogP contribution in [-0.2, 0) is 14.3 Å². The van der Waals surface area contributed by atoms with Crippen LogP contribution in [0.25, 0.3) is 0 Å². The number of ether oxygens (including phenoxy) is 1. The van der Waals surface area contributed by atoms with Crippen molar-refractivity contribution < 1.29 is 19.4 Å². The Balaban J connectivity index is 1.83. The zero-order valence-electron chi connectivity index (χ0n) is 10.1. The second-order valence-corrected chi connectivity index (χ2v) is 6.31. The number of carbonyl (C=O) groups is 2. The summed E-state index contributed by atoms with van der Waals surface area (Å²) in [7, 11) is 0. The van der Waals surface area contributed by atoms with Crippen molar-refractivity contribution in [2.75, 3.05) is 0 Å². The molecule has 0 aromatic heterocycles. The van der Waals surface area contributed by atoms with Crippen molar-refractivity contribution in [2.45, 2.75) is 56.7 Å². The van der Waals surface area contributed by atoms with E-state index < -0.39 is 23.0 Å². The molecule has 0 aromatic carbocycles. The predicted octanol–water partition coefficient (Wildman–Crippen LogP) is 1.20. The van der Waals surface area contributed by atoms with Gasteiger partial charge in [0.15, 0.2) is 0 Å². The Morgan fingerprint density at radius 2 is 1.76 bits per heavy atom. The number of ketones is 1. The highest BCUT2D eigenvalue weighted by atomic mass is 16.6. The van der Waals surface area contributed by atoms with Crippen LogP contribution in [0.5, 0.6) is 0 Å². The van der Waals surface area contributed by atoms with Crippen molar-refractivity contribution in [3.05, 3.63) is 0 Å². The van der Waals surface area contributed by atoms with E-state index in [0.29, 0.717) is 18.3 Å². The van der Waals surface area contributed by atoms with Crippen molar-refractivity contribution in [2.24, 2.45) is 11.8 Å². The van der Waals surface area contributed by atoms with Crippen LogP contribution in [0.2, 0.25) is 0 Å². The van der Waals surface area contributed by atoms with E-state index in [1.807, 2.05) is 0 Å². The summed E-state index contributed by atoms with van der Waals surface area (Å²) in [6.07, 6.45) is 4.98. The molecule has 2 unspecified atom stereocenters. The largest absolute Gasteiger partial charge is 0.453 e. The maximum absolute atomic E-state index is 11.5. The quantitative estimate of drug-likeness (QED) is 0.580. The molecular formula is C13H18O4. The van der Waals surface area contributed by atoms with Crippen LogP contribution < -0.4 is 0 Å². The summed E-state index contributed by atoms with van der Waals surface area (Å²) >= 11 is 0. The molecule has 94 valence electrons. The molecule has 4 bridgehead atoms. The van der Waals surface area contributed by atoms with Gasteiger partial charge in [0, 0.05) is 13.3 Å². The monoisotopic (exact) mass is 238 g/mol. The zero-order chi connectivity index (χ0) is 12.3. The lowest BCUT2D eigenvalue weighted by molar-refractivity contribution is -0.219. The highest BCUT2D eigenvalue weighted by Crippen LogP contribution is 2.58. The summed E-state index contributed by atoms with van der Waals surface area (Å²) in [5.74, 6) is -0.370. The zero-order valence-corrected chi connectivity index (χ0v) is 10.1. The van der Waals surface area contributed by atoms with E-state index in [-0.39, 0.29) is 0 Å². The smallest absolute Gasteiger partial charge is 0.374 e. The molecule has 4 aliphatic carbocycles. The second kappa shape index (κ2) is 3.31. The van der Waals surface area contributed by atoms with Crippen LogP contribution in [0.1, 0.15) is 45.4 Å². The molecule has 0 spiro atoms. The van der Waals surface area contributed by atoms with Crippen molar-refractivity contribution in [3.8, 4) is 0 Å². The fraction of sp³-hybridized carbons (Fsp3) is 0.846. The SMILES string of the molecule is CC(=O)C(=O)OC12CC3CC(CC(O)(C3)C1)C2. The molecule has 0 aromatic rings. The number of hydrogen-bond donors (Lipinski definition) is 1. The Morgan fingerprint density at radius 1 is 1.18 bits per heavy atom. The highest BCUT2D eigenvalue weighted by Gasteiger charge is 2.59. The normalized spacial score (nSPS) is 46.9. The fourth-order valence-electron chi connectivity index (χ4n) is 4.52. The molecule has 4 heteroatoms. The highest BCUT2D eigenvalue weighted by molar-refractivity contribution is 6.32. The molecule has 2 atom stereocenters. The first-order chi connectivity index (χ1) is 7.90. The Morgan fingerprint density at radius 3 is 2.24 bits per heavy atom. The Labute approximate surface area is 100 Å². The summed E-state index contributed by atoms with van der Waals surface area (Å²) in [6, 6.07) is 0. The molecule has 0 aliphatic heterocycles. The van der Waals surface area contributed by atoms with Crippen LogP contribution in [0.4, 0.5) is 0 Å². The number of esters is 1. The standard InChI is InChI=1S/C13H18O4/c1-8(14)11(15)17-13-5-9-2-10(6-13)4-12(16,3-9)7-13/h9-10,16H,2-7H2,1H3. The molecule has 0 radical (unpaired) electrons. The summed E-state index contributed by atoms with van der Waals surface area (Å²) < 4.78 is 5.43. The van der Waals surface area contributed by atoms with Crippen LogP contribution >= 0.6 is 0 Å². The van der Waals surface area contributed by atoms with Gasteiger partial charge in [-0.05, 0) is 43.9 Å². The second-order valence-electron chi connectivity index (χ2n) is 6.31. The number of hydrogen-bond acceptors (Lipinski definition) is 4. The van der Waals surface area contributed by atoms with E-state index in [1.165, 1.54) is 6.92 Å². The van der Waals surface area contributed by atoms with Gasteiger partial charge >= 0.3 is 5.97 Å². The van der Waals surface area contributed by atoms with Gasteiger partial charge in [-0.25, -0.2) is 4.79 Å². The van der Waals surface area contributed by atoms with Gasteiger partial charge in [0.1, 0.15) is 5.60 Å². The lowest BCUT2D eigenvalue weighted by Crippen LogP contribution is -2.60. The van der Waals surface area contributed by atoms with Crippen LogP contribution in [0.3, 0.4) is 0 Å². The maximum Gasteiger partial charge on any atom is 0.374 e. The van der Waals surface area contributed by atoms with Crippen molar-refractivity contribution in [1.29, 1.82) is 0 Å². The molecule has 0 amide bonds. The van der Waals surface area contributed by atoms with E-state index in [0.717, 1.165) is 32.1 Å². The summed E-state index contributed by atoms with van der Waals surface area (Å²) in [5.41, 5.74) is -1.21.